The molecule has 0 saturated heterocycles. The number of hydrazone groups is 1. The molecule has 1 aromatic carbocycles. The second kappa shape index (κ2) is 7.62. The van der Waals surface area contributed by atoms with Gasteiger partial charge in [-0.3, -0.25) is 10.2 Å². The summed E-state index contributed by atoms with van der Waals surface area (Å²) in [4.78, 5) is 11.7. The number of thiocarbonyl (C=S) groups is 1. The van der Waals surface area contributed by atoms with Crippen LogP contribution in [0.3, 0.4) is 0 Å². The number of rotatable bonds is 5. The highest BCUT2D eigenvalue weighted by Gasteiger charge is 2.07. The lowest BCUT2D eigenvalue weighted by Gasteiger charge is -2.06. The van der Waals surface area contributed by atoms with E-state index in [0.717, 1.165) is 5.69 Å². The van der Waals surface area contributed by atoms with Crippen LogP contribution in [0.4, 0.5) is 5.69 Å². The van der Waals surface area contributed by atoms with E-state index in [0.29, 0.717) is 5.71 Å². The second-order valence-electron chi connectivity index (χ2n) is 3.38. The number of nitrogens with one attached hydrogen (secondary N) is 2. The molecule has 0 unspecified atom stereocenters. The molecule has 0 aromatic heterocycles. The van der Waals surface area contributed by atoms with Gasteiger partial charge in [-0.25, -0.2) is 0 Å². The van der Waals surface area contributed by atoms with E-state index in [1.807, 2.05) is 18.2 Å². The third-order valence-corrected chi connectivity index (χ3v) is 2.30. The van der Waals surface area contributed by atoms with Crippen molar-refractivity contribution in [3.63, 3.8) is 0 Å². The van der Waals surface area contributed by atoms with Gasteiger partial charge in [-0.2, -0.15) is 5.10 Å². The topological polar surface area (TPSA) is 79.5 Å². The molecule has 0 atom stereocenters. The number of carbonyl (C=O) groups excluding carboxylic acids is 1. The standard InChI is InChI=1S/C11H13ClN4OS/c12-7-9(15-16-11(13)18)6-10(17)14-8-4-2-1-3-5-8/h1-5H,6-7H2,(H,14,17)(H3,13,16,18)/b15-9+. The van der Waals surface area contributed by atoms with Gasteiger partial charge in [-0.1, -0.05) is 18.2 Å². The van der Waals surface area contributed by atoms with Gasteiger partial charge in [0, 0.05) is 5.69 Å². The van der Waals surface area contributed by atoms with Gasteiger partial charge in [-0.15, -0.1) is 11.6 Å². The third-order valence-electron chi connectivity index (χ3n) is 1.90. The molecule has 0 aliphatic rings. The molecule has 1 aromatic rings. The highest BCUT2D eigenvalue weighted by Crippen LogP contribution is 2.05. The summed E-state index contributed by atoms with van der Waals surface area (Å²) >= 11 is 10.3. The number of carbonyl (C=O) groups is 1. The Kier molecular flexibility index (Phi) is 6.10. The first-order chi connectivity index (χ1) is 8.61. The van der Waals surface area contributed by atoms with E-state index in [1.54, 1.807) is 12.1 Å². The molecule has 0 aliphatic carbocycles. The predicted molar refractivity (Wildman–Crippen MR) is 77.8 cm³/mol. The van der Waals surface area contributed by atoms with Gasteiger partial charge in [0.2, 0.25) is 5.91 Å². The van der Waals surface area contributed by atoms with Crippen molar-refractivity contribution in [3.05, 3.63) is 30.3 Å². The summed E-state index contributed by atoms with van der Waals surface area (Å²) in [6.45, 7) is 0. The van der Waals surface area contributed by atoms with Gasteiger partial charge in [-0.05, 0) is 24.4 Å². The zero-order valence-electron chi connectivity index (χ0n) is 9.52. The molecule has 1 rings (SSSR count). The number of alkyl halides is 1. The van der Waals surface area contributed by atoms with Gasteiger partial charge in [0.25, 0.3) is 0 Å². The van der Waals surface area contributed by atoms with Crippen LogP contribution in [0.25, 0.3) is 0 Å². The molecule has 0 fully saturated rings. The number of hydrogen-bond acceptors (Lipinski definition) is 3. The van der Waals surface area contributed by atoms with Crippen molar-refractivity contribution in [2.75, 3.05) is 11.2 Å². The largest absolute Gasteiger partial charge is 0.375 e. The molecule has 7 heteroatoms. The van der Waals surface area contributed by atoms with Crippen LogP contribution in [0.2, 0.25) is 0 Å². The first-order valence-corrected chi connectivity index (χ1v) is 6.08. The number of nitrogens with zero attached hydrogens (tertiary/aromatic N) is 1. The fourth-order valence-electron chi connectivity index (χ4n) is 1.16. The van der Waals surface area contributed by atoms with Crippen molar-refractivity contribution >= 4 is 46.2 Å². The highest BCUT2D eigenvalue weighted by atomic mass is 35.5. The minimum Gasteiger partial charge on any atom is -0.375 e. The summed E-state index contributed by atoms with van der Waals surface area (Å²) in [7, 11) is 0. The molecule has 0 bridgehead atoms. The maximum absolute atomic E-state index is 11.7. The Hall–Kier alpha value is -1.66. The Morgan fingerprint density at radius 1 is 1.39 bits per heavy atom. The van der Waals surface area contributed by atoms with E-state index in [4.69, 9.17) is 17.3 Å². The summed E-state index contributed by atoms with van der Waals surface area (Å²) in [5.41, 5.74) is 8.80. The summed E-state index contributed by atoms with van der Waals surface area (Å²) in [6, 6.07) is 9.12. The van der Waals surface area contributed by atoms with Gasteiger partial charge in [0.1, 0.15) is 0 Å². The van der Waals surface area contributed by atoms with Crippen LogP contribution in [0.1, 0.15) is 6.42 Å². The fraction of sp³-hybridized carbons (Fsp3) is 0.182. The molecule has 0 heterocycles. The Morgan fingerprint density at radius 2 is 2.06 bits per heavy atom. The van der Waals surface area contributed by atoms with Crippen molar-refractivity contribution in [1.29, 1.82) is 0 Å². The third kappa shape index (κ3) is 5.60. The molecule has 96 valence electrons. The van der Waals surface area contributed by atoms with Crippen LogP contribution in [-0.4, -0.2) is 22.6 Å². The smallest absolute Gasteiger partial charge is 0.230 e. The van der Waals surface area contributed by atoms with E-state index < -0.39 is 0 Å². The minimum absolute atomic E-state index is 0.0288. The zero-order valence-corrected chi connectivity index (χ0v) is 11.1. The highest BCUT2D eigenvalue weighted by molar-refractivity contribution is 7.80. The van der Waals surface area contributed by atoms with E-state index in [1.165, 1.54) is 0 Å². The minimum atomic E-state index is -0.203. The number of anilines is 1. The number of hydrogen-bond donors (Lipinski definition) is 3. The lowest BCUT2D eigenvalue weighted by Crippen LogP contribution is -2.27. The summed E-state index contributed by atoms with van der Waals surface area (Å²) in [5.74, 6) is -0.0805. The number of para-hydroxylation sites is 1. The molecule has 4 N–H and O–H groups in total. The lowest BCUT2D eigenvalue weighted by molar-refractivity contribution is -0.115. The zero-order chi connectivity index (χ0) is 13.4. The molecule has 18 heavy (non-hydrogen) atoms. The van der Waals surface area contributed by atoms with Crippen LogP contribution in [0, 0.1) is 0 Å². The van der Waals surface area contributed by atoms with Crippen LogP contribution in [-0.2, 0) is 4.79 Å². The average molecular weight is 285 g/mol. The molecule has 0 saturated carbocycles. The van der Waals surface area contributed by atoms with E-state index in [-0.39, 0.29) is 23.3 Å². The monoisotopic (exact) mass is 284 g/mol. The van der Waals surface area contributed by atoms with Crippen LogP contribution in [0.15, 0.2) is 35.4 Å². The van der Waals surface area contributed by atoms with Crippen molar-refractivity contribution in [2.45, 2.75) is 6.42 Å². The normalized spacial score (nSPS) is 10.8. The maximum Gasteiger partial charge on any atom is 0.230 e. The van der Waals surface area contributed by atoms with Crippen LogP contribution < -0.4 is 16.5 Å². The Bertz CT molecular complexity index is 450. The quantitative estimate of drug-likeness (QED) is 0.331. The maximum atomic E-state index is 11.7. The fourth-order valence-corrected chi connectivity index (χ4v) is 1.36. The van der Waals surface area contributed by atoms with Gasteiger partial charge < -0.3 is 11.1 Å². The summed E-state index contributed by atoms with van der Waals surface area (Å²) < 4.78 is 0. The Morgan fingerprint density at radius 3 is 2.61 bits per heavy atom. The van der Waals surface area contributed by atoms with Crippen molar-refractivity contribution in [1.82, 2.24) is 5.43 Å². The van der Waals surface area contributed by atoms with Crippen LogP contribution in [0.5, 0.6) is 0 Å². The van der Waals surface area contributed by atoms with Crippen molar-refractivity contribution in [2.24, 2.45) is 10.8 Å². The Balaban J connectivity index is 2.52. The predicted octanol–water partition coefficient (Wildman–Crippen LogP) is 1.44. The average Bonchev–Trinajstić information content (AvgIpc) is 2.35. The van der Waals surface area contributed by atoms with Crippen molar-refractivity contribution in [3.8, 4) is 0 Å². The number of benzene rings is 1. The first kappa shape index (κ1) is 14.4. The lowest BCUT2D eigenvalue weighted by atomic mass is 10.2. The second-order valence-corrected chi connectivity index (χ2v) is 4.09. The molecular formula is C11H13ClN4OS. The summed E-state index contributed by atoms with van der Waals surface area (Å²) in [6.07, 6.45) is 0.0774. The van der Waals surface area contributed by atoms with Crippen LogP contribution >= 0.6 is 23.8 Å². The van der Waals surface area contributed by atoms with Gasteiger partial charge >= 0.3 is 0 Å². The Labute approximate surface area is 115 Å². The molecule has 5 nitrogen and oxygen atoms in total. The molecule has 1 amide bonds. The van der Waals surface area contributed by atoms with Gasteiger partial charge in [0.15, 0.2) is 5.11 Å². The molecule has 0 spiro atoms. The van der Waals surface area contributed by atoms with Gasteiger partial charge in [0.05, 0.1) is 18.0 Å². The van der Waals surface area contributed by atoms with E-state index in [2.05, 4.69) is 28.1 Å². The number of amides is 1. The number of nitrogens with two attached hydrogens (primary N) is 1. The number of halogens is 1. The summed E-state index contributed by atoms with van der Waals surface area (Å²) in [5, 5.41) is 6.58. The molecule has 0 aliphatic heterocycles. The molecular weight excluding hydrogens is 272 g/mol. The first-order valence-electron chi connectivity index (χ1n) is 5.13. The molecule has 0 radical (unpaired) electrons. The van der Waals surface area contributed by atoms with E-state index >= 15 is 0 Å². The SMILES string of the molecule is NC(=S)N/N=C(/CCl)CC(=O)Nc1ccccc1. The van der Waals surface area contributed by atoms with Crippen molar-refractivity contribution < 1.29 is 4.79 Å². The van der Waals surface area contributed by atoms with E-state index in [9.17, 15) is 4.79 Å².